The molecule has 114 valence electrons. The topological polar surface area (TPSA) is 52.7 Å². The summed E-state index contributed by atoms with van der Waals surface area (Å²) in [5, 5.41) is 2.91. The first kappa shape index (κ1) is 15.4. The van der Waals surface area contributed by atoms with Crippen LogP contribution < -0.4 is 10.2 Å². The fraction of sp³-hybridized carbons (Fsp3) is 0.500. The Kier molecular flexibility index (Phi) is 4.83. The Labute approximate surface area is 125 Å². The molecule has 0 unspecified atom stereocenters. The first-order valence-electron chi connectivity index (χ1n) is 7.33. The lowest BCUT2D eigenvalue weighted by Gasteiger charge is -2.26. The largest absolute Gasteiger partial charge is 0.377 e. The van der Waals surface area contributed by atoms with Crippen LogP contribution in [0.3, 0.4) is 0 Å². The number of nitrogens with zero attached hydrogens (tertiary/aromatic N) is 2. The fourth-order valence-electron chi connectivity index (χ4n) is 2.64. The van der Waals surface area contributed by atoms with Gasteiger partial charge in [-0.3, -0.25) is 9.59 Å². The van der Waals surface area contributed by atoms with Crippen LogP contribution in [0, 0.1) is 6.92 Å². The lowest BCUT2D eigenvalue weighted by Crippen LogP contribution is -2.40. The van der Waals surface area contributed by atoms with Gasteiger partial charge in [0.2, 0.25) is 11.8 Å². The van der Waals surface area contributed by atoms with Gasteiger partial charge in [-0.05, 0) is 37.5 Å². The average Bonchev–Trinajstić information content (AvgIpc) is 2.43. The smallest absolute Gasteiger partial charge is 0.244 e. The van der Waals surface area contributed by atoms with Crippen molar-refractivity contribution < 1.29 is 9.59 Å². The Balaban J connectivity index is 2.02. The molecule has 0 atom stereocenters. The van der Waals surface area contributed by atoms with Gasteiger partial charge in [0.1, 0.15) is 0 Å². The van der Waals surface area contributed by atoms with Crippen molar-refractivity contribution in [3.8, 4) is 0 Å². The minimum absolute atomic E-state index is 0.0789. The van der Waals surface area contributed by atoms with Crippen molar-refractivity contribution in [1.29, 1.82) is 0 Å². The molecule has 1 saturated heterocycles. The van der Waals surface area contributed by atoms with Crippen molar-refractivity contribution in [2.45, 2.75) is 26.2 Å². The zero-order valence-corrected chi connectivity index (χ0v) is 13.0. The molecular weight excluding hydrogens is 266 g/mol. The molecule has 2 rings (SSSR count). The maximum absolute atomic E-state index is 12.1. The fourth-order valence-corrected chi connectivity index (χ4v) is 2.64. The number of carbonyl (C=O) groups excluding carboxylic acids is 2. The summed E-state index contributed by atoms with van der Waals surface area (Å²) in [7, 11) is 3.95. The number of rotatable bonds is 4. The molecule has 5 nitrogen and oxygen atoms in total. The zero-order chi connectivity index (χ0) is 15.4. The molecule has 1 aliphatic rings. The van der Waals surface area contributed by atoms with Crippen LogP contribution in [-0.2, 0) is 9.59 Å². The first-order valence-corrected chi connectivity index (χ1v) is 7.33. The molecule has 1 aromatic rings. The summed E-state index contributed by atoms with van der Waals surface area (Å²) >= 11 is 0. The summed E-state index contributed by atoms with van der Waals surface area (Å²) in [4.78, 5) is 27.5. The third-order valence-corrected chi connectivity index (χ3v) is 3.82. The van der Waals surface area contributed by atoms with Crippen LogP contribution in [0.1, 0.15) is 24.8 Å². The van der Waals surface area contributed by atoms with E-state index in [2.05, 4.69) is 5.32 Å². The van der Waals surface area contributed by atoms with Gasteiger partial charge < -0.3 is 15.1 Å². The zero-order valence-electron chi connectivity index (χ0n) is 13.0. The van der Waals surface area contributed by atoms with E-state index in [-0.39, 0.29) is 18.4 Å². The van der Waals surface area contributed by atoms with Crippen LogP contribution in [0.5, 0.6) is 0 Å². The highest BCUT2D eigenvalue weighted by Crippen LogP contribution is 2.25. The van der Waals surface area contributed by atoms with Crippen molar-refractivity contribution in [3.05, 3.63) is 23.8 Å². The van der Waals surface area contributed by atoms with E-state index in [1.54, 1.807) is 4.90 Å². The second-order valence-corrected chi connectivity index (χ2v) is 5.66. The lowest BCUT2D eigenvalue weighted by atomic mass is 10.1. The van der Waals surface area contributed by atoms with Crippen molar-refractivity contribution >= 4 is 23.2 Å². The number of hydrogen-bond donors (Lipinski definition) is 1. The predicted molar refractivity (Wildman–Crippen MR) is 84.6 cm³/mol. The van der Waals surface area contributed by atoms with Gasteiger partial charge in [0.05, 0.1) is 6.54 Å². The van der Waals surface area contributed by atoms with E-state index in [9.17, 15) is 9.59 Å². The van der Waals surface area contributed by atoms with E-state index in [1.807, 2.05) is 44.1 Å². The molecule has 1 aliphatic heterocycles. The minimum atomic E-state index is -0.135. The molecule has 0 bridgehead atoms. The molecule has 1 fully saturated rings. The van der Waals surface area contributed by atoms with Gasteiger partial charge >= 0.3 is 0 Å². The SMILES string of the molecule is Cc1c(NC(=O)CN2CCCCC2=O)cccc1N(C)C. The highest BCUT2D eigenvalue weighted by atomic mass is 16.2. The summed E-state index contributed by atoms with van der Waals surface area (Å²) in [6.45, 7) is 2.81. The molecule has 1 heterocycles. The van der Waals surface area contributed by atoms with Crippen molar-refractivity contribution in [3.63, 3.8) is 0 Å². The van der Waals surface area contributed by atoms with Gasteiger partial charge in [0, 0.05) is 38.4 Å². The molecular formula is C16H23N3O2. The van der Waals surface area contributed by atoms with E-state index >= 15 is 0 Å². The normalized spacial score (nSPS) is 15.0. The quantitative estimate of drug-likeness (QED) is 0.922. The maximum atomic E-state index is 12.1. The Morgan fingerprint density at radius 2 is 2.10 bits per heavy atom. The van der Waals surface area contributed by atoms with E-state index < -0.39 is 0 Å². The van der Waals surface area contributed by atoms with Gasteiger partial charge in [0.15, 0.2) is 0 Å². The van der Waals surface area contributed by atoms with Gasteiger partial charge in [0.25, 0.3) is 0 Å². The molecule has 0 aromatic heterocycles. The lowest BCUT2D eigenvalue weighted by molar-refractivity contribution is -0.136. The van der Waals surface area contributed by atoms with Crippen LogP contribution in [0.4, 0.5) is 11.4 Å². The van der Waals surface area contributed by atoms with Crippen LogP contribution in [0.15, 0.2) is 18.2 Å². The predicted octanol–water partition coefficient (Wildman–Crippen LogP) is 2.01. The number of anilines is 2. The number of benzene rings is 1. The number of amides is 2. The van der Waals surface area contributed by atoms with Crippen molar-refractivity contribution in [2.75, 3.05) is 37.4 Å². The number of carbonyl (C=O) groups is 2. The number of hydrogen-bond acceptors (Lipinski definition) is 3. The van der Waals surface area contributed by atoms with Crippen LogP contribution in [-0.4, -0.2) is 43.9 Å². The first-order chi connectivity index (χ1) is 9.99. The van der Waals surface area contributed by atoms with Gasteiger partial charge in [-0.15, -0.1) is 0 Å². The van der Waals surface area contributed by atoms with Crippen LogP contribution >= 0.6 is 0 Å². The Morgan fingerprint density at radius 1 is 1.33 bits per heavy atom. The molecule has 21 heavy (non-hydrogen) atoms. The maximum Gasteiger partial charge on any atom is 0.244 e. The number of piperidine rings is 1. The summed E-state index contributed by atoms with van der Waals surface area (Å²) in [6.07, 6.45) is 2.47. The third kappa shape index (κ3) is 3.74. The molecule has 1 aromatic carbocycles. The molecule has 0 aliphatic carbocycles. The summed E-state index contributed by atoms with van der Waals surface area (Å²) in [5.41, 5.74) is 2.90. The van der Waals surface area contributed by atoms with Crippen LogP contribution in [0.2, 0.25) is 0 Å². The highest BCUT2D eigenvalue weighted by molar-refractivity contribution is 5.95. The summed E-state index contributed by atoms with van der Waals surface area (Å²) in [5.74, 6) is -0.0561. The molecule has 0 spiro atoms. The van der Waals surface area contributed by atoms with E-state index in [0.717, 1.165) is 29.8 Å². The van der Waals surface area contributed by atoms with Gasteiger partial charge in [-0.2, -0.15) is 0 Å². The molecule has 0 saturated carbocycles. The van der Waals surface area contributed by atoms with Crippen molar-refractivity contribution in [1.82, 2.24) is 4.90 Å². The third-order valence-electron chi connectivity index (χ3n) is 3.82. The minimum Gasteiger partial charge on any atom is -0.377 e. The Bertz CT molecular complexity index is 540. The summed E-state index contributed by atoms with van der Waals surface area (Å²) < 4.78 is 0. The van der Waals surface area contributed by atoms with E-state index in [4.69, 9.17) is 0 Å². The van der Waals surface area contributed by atoms with Crippen molar-refractivity contribution in [2.24, 2.45) is 0 Å². The van der Waals surface area contributed by atoms with E-state index in [0.29, 0.717) is 13.0 Å². The standard InChI is InChI=1S/C16H23N3O2/c1-12-13(7-6-8-14(12)18(2)3)17-15(20)11-19-10-5-4-9-16(19)21/h6-8H,4-5,9-11H2,1-3H3,(H,17,20). The highest BCUT2D eigenvalue weighted by Gasteiger charge is 2.20. The Hall–Kier alpha value is -2.04. The van der Waals surface area contributed by atoms with Gasteiger partial charge in [-0.25, -0.2) is 0 Å². The van der Waals surface area contributed by atoms with Gasteiger partial charge in [-0.1, -0.05) is 6.07 Å². The number of nitrogens with one attached hydrogen (secondary N) is 1. The number of likely N-dealkylation sites (tertiary alicyclic amines) is 1. The second kappa shape index (κ2) is 6.61. The average molecular weight is 289 g/mol. The molecule has 5 heteroatoms. The monoisotopic (exact) mass is 289 g/mol. The molecule has 1 N–H and O–H groups in total. The second-order valence-electron chi connectivity index (χ2n) is 5.66. The Morgan fingerprint density at radius 3 is 2.76 bits per heavy atom. The molecule has 2 amide bonds. The molecule has 0 radical (unpaired) electrons. The summed E-state index contributed by atoms with van der Waals surface area (Å²) in [6, 6.07) is 5.82. The van der Waals surface area contributed by atoms with Crippen LogP contribution in [0.25, 0.3) is 0 Å². The van der Waals surface area contributed by atoms with E-state index in [1.165, 1.54) is 0 Å².